The standard InChI is InChI=1S/C8H6O3.C5H4O2.C2H6/c9-4-6-1-2-7-8(3-6)11-5-10-7;6-4-5-2-1-3-7-5;1-2/h1-4H,5H2;1-4H;1-2H3. The largest absolute Gasteiger partial charge is 0.462 e. The van der Waals surface area contributed by atoms with Crippen molar-refractivity contribution < 1.29 is 23.5 Å². The molecule has 0 aliphatic carbocycles. The lowest BCUT2D eigenvalue weighted by Crippen LogP contribution is -1.92. The van der Waals surface area contributed by atoms with Crippen LogP contribution in [0.2, 0.25) is 0 Å². The molecule has 2 heterocycles. The topological polar surface area (TPSA) is 65.7 Å². The van der Waals surface area contributed by atoms with Gasteiger partial charge in [-0.1, -0.05) is 13.8 Å². The molecule has 0 fully saturated rings. The first-order chi connectivity index (χ1) is 9.83. The average molecular weight is 276 g/mol. The second-order valence-corrected chi connectivity index (χ2v) is 3.36. The lowest BCUT2D eigenvalue weighted by atomic mass is 10.2. The van der Waals surface area contributed by atoms with Crippen LogP contribution in [0.4, 0.5) is 0 Å². The highest BCUT2D eigenvalue weighted by atomic mass is 16.7. The van der Waals surface area contributed by atoms with Crippen molar-refractivity contribution in [1.82, 2.24) is 0 Å². The third-order valence-electron chi connectivity index (χ3n) is 2.19. The van der Waals surface area contributed by atoms with E-state index in [0.29, 0.717) is 29.1 Å². The minimum Gasteiger partial charge on any atom is -0.462 e. The normalized spacial score (nSPS) is 10.5. The van der Waals surface area contributed by atoms with Gasteiger partial charge in [-0.15, -0.1) is 0 Å². The van der Waals surface area contributed by atoms with E-state index >= 15 is 0 Å². The van der Waals surface area contributed by atoms with E-state index in [4.69, 9.17) is 9.47 Å². The van der Waals surface area contributed by atoms with E-state index in [9.17, 15) is 9.59 Å². The summed E-state index contributed by atoms with van der Waals surface area (Å²) in [5, 5.41) is 0. The number of ether oxygens (including phenoxy) is 2. The fourth-order valence-electron chi connectivity index (χ4n) is 1.34. The van der Waals surface area contributed by atoms with Crippen molar-refractivity contribution in [3.63, 3.8) is 0 Å². The molecule has 0 saturated carbocycles. The molecule has 0 N–H and O–H groups in total. The Labute approximate surface area is 117 Å². The number of carbonyl (C=O) groups is 2. The van der Waals surface area contributed by atoms with Crippen LogP contribution in [0.5, 0.6) is 11.5 Å². The van der Waals surface area contributed by atoms with Crippen molar-refractivity contribution in [3.8, 4) is 11.5 Å². The van der Waals surface area contributed by atoms with Crippen LogP contribution in [0.3, 0.4) is 0 Å². The Kier molecular flexibility index (Phi) is 6.61. The number of rotatable bonds is 2. The highest BCUT2D eigenvalue weighted by Crippen LogP contribution is 2.31. The Hall–Kier alpha value is -2.56. The van der Waals surface area contributed by atoms with Crippen LogP contribution >= 0.6 is 0 Å². The predicted molar refractivity (Wildman–Crippen MR) is 73.4 cm³/mol. The zero-order valence-electron chi connectivity index (χ0n) is 11.4. The van der Waals surface area contributed by atoms with Crippen molar-refractivity contribution in [2.24, 2.45) is 0 Å². The molecule has 0 unspecified atom stereocenters. The first-order valence-electron chi connectivity index (χ1n) is 6.17. The SMILES string of the molecule is CC.O=Cc1ccc2c(c1)OCO2.O=Cc1ccco1. The summed E-state index contributed by atoms with van der Waals surface area (Å²) < 4.78 is 14.7. The molecule has 1 aromatic carbocycles. The fourth-order valence-corrected chi connectivity index (χ4v) is 1.34. The van der Waals surface area contributed by atoms with E-state index in [1.54, 1.807) is 30.3 Å². The van der Waals surface area contributed by atoms with Crippen LogP contribution in [0.1, 0.15) is 34.8 Å². The summed E-state index contributed by atoms with van der Waals surface area (Å²) in [5.41, 5.74) is 0.606. The van der Waals surface area contributed by atoms with Crippen LogP contribution in [0.25, 0.3) is 0 Å². The van der Waals surface area contributed by atoms with Gasteiger partial charge in [0.1, 0.15) is 6.29 Å². The molecule has 0 atom stereocenters. The molecule has 5 nitrogen and oxygen atoms in total. The Morgan fingerprint density at radius 2 is 1.75 bits per heavy atom. The van der Waals surface area contributed by atoms with Crippen molar-refractivity contribution in [2.75, 3.05) is 6.79 Å². The molecule has 5 heteroatoms. The third-order valence-corrected chi connectivity index (χ3v) is 2.19. The second kappa shape index (κ2) is 8.53. The van der Waals surface area contributed by atoms with E-state index < -0.39 is 0 Å². The van der Waals surface area contributed by atoms with Crippen LogP contribution in [0.15, 0.2) is 41.0 Å². The maximum Gasteiger partial charge on any atom is 0.231 e. The smallest absolute Gasteiger partial charge is 0.231 e. The molecule has 1 aliphatic rings. The predicted octanol–water partition coefficient (Wildman–Crippen LogP) is 3.35. The number of aldehydes is 2. The van der Waals surface area contributed by atoms with Gasteiger partial charge in [-0.05, 0) is 30.3 Å². The maximum atomic E-state index is 10.3. The quantitative estimate of drug-likeness (QED) is 0.787. The van der Waals surface area contributed by atoms with Crippen LogP contribution < -0.4 is 9.47 Å². The molecule has 20 heavy (non-hydrogen) atoms. The first-order valence-corrected chi connectivity index (χ1v) is 6.17. The molecule has 0 saturated heterocycles. The zero-order valence-corrected chi connectivity index (χ0v) is 11.4. The number of hydrogen-bond donors (Lipinski definition) is 0. The summed E-state index contributed by atoms with van der Waals surface area (Å²) >= 11 is 0. The molecule has 0 amide bonds. The van der Waals surface area contributed by atoms with Crippen LogP contribution in [-0.2, 0) is 0 Å². The van der Waals surface area contributed by atoms with Gasteiger partial charge in [0.25, 0.3) is 0 Å². The number of fused-ring (bicyclic) bond motifs is 1. The summed E-state index contributed by atoms with van der Waals surface area (Å²) in [6, 6.07) is 8.36. The number of benzene rings is 1. The fraction of sp³-hybridized carbons (Fsp3) is 0.200. The second-order valence-electron chi connectivity index (χ2n) is 3.36. The number of hydrogen-bond acceptors (Lipinski definition) is 5. The van der Waals surface area contributed by atoms with Crippen molar-refractivity contribution in [1.29, 1.82) is 0 Å². The van der Waals surface area contributed by atoms with Crippen molar-refractivity contribution >= 4 is 12.6 Å². The average Bonchev–Trinajstić information content (AvgIpc) is 3.20. The van der Waals surface area contributed by atoms with E-state index in [1.807, 2.05) is 13.8 Å². The van der Waals surface area contributed by atoms with Gasteiger partial charge in [-0.25, -0.2) is 0 Å². The summed E-state index contributed by atoms with van der Waals surface area (Å²) in [6.45, 7) is 4.25. The molecule has 3 rings (SSSR count). The van der Waals surface area contributed by atoms with E-state index in [0.717, 1.165) is 6.29 Å². The maximum absolute atomic E-state index is 10.3. The van der Waals surface area contributed by atoms with Gasteiger partial charge in [0.15, 0.2) is 23.5 Å². The van der Waals surface area contributed by atoms with E-state index in [1.165, 1.54) is 6.26 Å². The number of carbonyl (C=O) groups excluding carboxylic acids is 2. The van der Waals surface area contributed by atoms with Gasteiger partial charge in [0.2, 0.25) is 6.79 Å². The third kappa shape index (κ3) is 4.28. The van der Waals surface area contributed by atoms with Crippen molar-refractivity contribution in [2.45, 2.75) is 13.8 Å². The first kappa shape index (κ1) is 15.5. The highest BCUT2D eigenvalue weighted by molar-refractivity contribution is 5.76. The molecule has 1 aliphatic heterocycles. The van der Waals surface area contributed by atoms with Gasteiger partial charge in [-0.2, -0.15) is 0 Å². The Morgan fingerprint density at radius 3 is 2.30 bits per heavy atom. The molecule has 2 aromatic rings. The number of furan rings is 1. The summed E-state index contributed by atoms with van der Waals surface area (Å²) in [7, 11) is 0. The van der Waals surface area contributed by atoms with Gasteiger partial charge >= 0.3 is 0 Å². The van der Waals surface area contributed by atoms with E-state index in [-0.39, 0.29) is 6.79 Å². The Morgan fingerprint density at radius 1 is 1.00 bits per heavy atom. The lowest BCUT2D eigenvalue weighted by molar-refractivity contribution is 0.109. The molecule has 106 valence electrons. The highest BCUT2D eigenvalue weighted by Gasteiger charge is 2.12. The lowest BCUT2D eigenvalue weighted by Gasteiger charge is -1.94. The summed E-state index contributed by atoms with van der Waals surface area (Å²) in [5.74, 6) is 1.73. The van der Waals surface area contributed by atoms with Crippen LogP contribution in [0, 0.1) is 0 Å². The molecular formula is C15H16O5. The monoisotopic (exact) mass is 276 g/mol. The van der Waals surface area contributed by atoms with Crippen molar-refractivity contribution in [3.05, 3.63) is 47.9 Å². The zero-order chi connectivity index (χ0) is 14.8. The molecule has 0 radical (unpaired) electrons. The summed E-state index contributed by atoms with van der Waals surface area (Å²) in [6.07, 6.45) is 2.91. The van der Waals surface area contributed by atoms with Gasteiger partial charge < -0.3 is 13.9 Å². The van der Waals surface area contributed by atoms with Gasteiger partial charge in [0.05, 0.1) is 6.26 Å². The minimum absolute atomic E-state index is 0.248. The van der Waals surface area contributed by atoms with Crippen LogP contribution in [-0.4, -0.2) is 19.4 Å². The Bertz CT molecular complexity index is 531. The Balaban J connectivity index is 0.000000193. The van der Waals surface area contributed by atoms with Gasteiger partial charge in [0, 0.05) is 5.56 Å². The molecule has 1 aromatic heterocycles. The van der Waals surface area contributed by atoms with Gasteiger partial charge in [-0.3, -0.25) is 9.59 Å². The molecule has 0 spiro atoms. The van der Waals surface area contributed by atoms with E-state index in [2.05, 4.69) is 4.42 Å². The molecule has 0 bridgehead atoms. The minimum atomic E-state index is 0.248. The molecular weight excluding hydrogens is 260 g/mol. The summed E-state index contributed by atoms with van der Waals surface area (Å²) in [4.78, 5) is 20.1.